The van der Waals surface area contributed by atoms with Crippen LogP contribution in [0.5, 0.6) is 0 Å². The van der Waals surface area contributed by atoms with Crippen molar-refractivity contribution in [1.29, 1.82) is 0 Å². The zero-order valence-electron chi connectivity index (χ0n) is 15.8. The van der Waals surface area contributed by atoms with Gasteiger partial charge in [0.05, 0.1) is 12.1 Å². The summed E-state index contributed by atoms with van der Waals surface area (Å²) in [5, 5.41) is 19.1. The van der Waals surface area contributed by atoms with Gasteiger partial charge in [-0.1, -0.05) is 49.4 Å². The fraction of sp³-hybridized carbons (Fsp3) is 0.524. The van der Waals surface area contributed by atoms with Gasteiger partial charge in [-0.05, 0) is 24.2 Å². The van der Waals surface area contributed by atoms with E-state index < -0.39 is 12.1 Å². The largest absolute Gasteiger partial charge is 0.481 e. The molecule has 0 radical (unpaired) electrons. The van der Waals surface area contributed by atoms with Crippen LogP contribution >= 0.6 is 11.8 Å². The number of carboxylic acids is 1. The summed E-state index contributed by atoms with van der Waals surface area (Å²) in [6.45, 7) is 2.66. The fourth-order valence-corrected chi connectivity index (χ4v) is 4.08. The molecule has 3 atom stereocenters. The number of hydrogen-bond donors (Lipinski definition) is 2. The first-order valence-corrected chi connectivity index (χ1v) is 10.6. The van der Waals surface area contributed by atoms with E-state index in [4.69, 9.17) is 5.11 Å². The number of carbonyl (C=O) groups is 2. The van der Waals surface area contributed by atoms with Gasteiger partial charge < -0.3 is 15.1 Å². The second kappa shape index (κ2) is 11.1. The minimum Gasteiger partial charge on any atom is -0.481 e. The maximum atomic E-state index is 12.1. The molecule has 1 fully saturated rings. The van der Waals surface area contributed by atoms with E-state index in [1.54, 1.807) is 11.8 Å². The van der Waals surface area contributed by atoms with Gasteiger partial charge in [-0.2, -0.15) is 11.8 Å². The first-order valence-electron chi connectivity index (χ1n) is 9.49. The maximum absolute atomic E-state index is 12.1. The van der Waals surface area contributed by atoms with Crippen molar-refractivity contribution in [2.75, 3.05) is 18.1 Å². The zero-order chi connectivity index (χ0) is 19.6. The van der Waals surface area contributed by atoms with Gasteiger partial charge in [-0.25, -0.2) is 0 Å². The highest BCUT2D eigenvalue weighted by molar-refractivity contribution is 7.99. The lowest BCUT2D eigenvalue weighted by atomic mass is 9.95. The Bertz CT molecular complexity index is 634. The number of likely N-dealkylation sites (tertiary alicyclic amines) is 1. The first-order chi connectivity index (χ1) is 13.0. The molecule has 0 aromatic heterocycles. The third-order valence-corrected chi connectivity index (χ3v) is 5.95. The van der Waals surface area contributed by atoms with Crippen LogP contribution in [-0.4, -0.2) is 57.2 Å². The van der Waals surface area contributed by atoms with Crippen LogP contribution in [0.25, 0.3) is 0 Å². The van der Waals surface area contributed by atoms with E-state index in [0.717, 1.165) is 23.5 Å². The van der Waals surface area contributed by atoms with Gasteiger partial charge in [-0.3, -0.25) is 9.59 Å². The monoisotopic (exact) mass is 391 g/mol. The molecule has 148 valence electrons. The van der Waals surface area contributed by atoms with Gasteiger partial charge in [0.25, 0.3) is 0 Å². The van der Waals surface area contributed by atoms with Crippen molar-refractivity contribution in [2.24, 2.45) is 0 Å². The third kappa shape index (κ3) is 7.03. The Morgan fingerprint density at radius 2 is 2.07 bits per heavy atom. The summed E-state index contributed by atoms with van der Waals surface area (Å²) in [6, 6.07) is 9.94. The highest BCUT2D eigenvalue weighted by atomic mass is 32.2. The highest BCUT2D eigenvalue weighted by Crippen LogP contribution is 2.23. The number of carboxylic acid groups (broad SMARTS) is 1. The Morgan fingerprint density at radius 3 is 2.78 bits per heavy atom. The molecule has 1 aromatic rings. The van der Waals surface area contributed by atoms with Crippen molar-refractivity contribution in [1.82, 2.24) is 4.90 Å². The van der Waals surface area contributed by atoms with Gasteiger partial charge in [0.2, 0.25) is 5.91 Å². The van der Waals surface area contributed by atoms with Crippen LogP contribution in [0.1, 0.15) is 44.1 Å². The highest BCUT2D eigenvalue weighted by Gasteiger charge is 2.28. The van der Waals surface area contributed by atoms with Crippen LogP contribution < -0.4 is 0 Å². The molecule has 1 amide bonds. The summed E-state index contributed by atoms with van der Waals surface area (Å²) in [6.07, 6.45) is 5.36. The van der Waals surface area contributed by atoms with Crippen molar-refractivity contribution in [3.05, 3.63) is 48.0 Å². The summed E-state index contributed by atoms with van der Waals surface area (Å²) in [7, 11) is 0. The number of thioether (sulfide) groups is 1. The van der Waals surface area contributed by atoms with Crippen molar-refractivity contribution in [2.45, 2.75) is 50.7 Å². The smallest absolute Gasteiger partial charge is 0.303 e. The second-order valence-corrected chi connectivity index (χ2v) is 8.10. The lowest BCUT2D eigenvalue weighted by molar-refractivity contribution is -0.137. The normalized spacial score (nSPS) is 19.6. The van der Waals surface area contributed by atoms with E-state index in [9.17, 15) is 14.7 Å². The minimum atomic E-state index is -0.765. The number of hydrogen-bond acceptors (Lipinski definition) is 4. The standard InChI is InChI=1S/C21H29NO4S/c1-16(17-6-3-2-4-7-17)19(23)11-9-18-10-12-20(24)22(18)13-15-27-14-5-8-21(25)26/h2-4,6-7,9,11,16,18-19,23H,5,8,10,12-15H2,1H3,(H,25,26)/b11-9+/t16-,18+,19?/m1/s1. The summed E-state index contributed by atoms with van der Waals surface area (Å²) in [5.74, 6) is 0.985. The predicted octanol–water partition coefficient (Wildman–Crippen LogP) is 3.30. The number of nitrogens with zero attached hydrogens (tertiary/aromatic N) is 1. The topological polar surface area (TPSA) is 77.8 Å². The first kappa shape index (κ1) is 21.5. The van der Waals surface area contributed by atoms with Crippen LogP contribution in [0.4, 0.5) is 0 Å². The van der Waals surface area contributed by atoms with E-state index in [2.05, 4.69) is 0 Å². The molecule has 0 bridgehead atoms. The molecule has 27 heavy (non-hydrogen) atoms. The minimum absolute atomic E-state index is 0.00204. The summed E-state index contributed by atoms with van der Waals surface area (Å²) in [5.41, 5.74) is 1.09. The fourth-order valence-electron chi connectivity index (χ4n) is 3.20. The molecule has 0 saturated carbocycles. The van der Waals surface area contributed by atoms with E-state index in [1.807, 2.05) is 54.3 Å². The van der Waals surface area contributed by atoms with Crippen LogP contribution in [0.2, 0.25) is 0 Å². The number of aliphatic hydroxyl groups is 1. The predicted molar refractivity (Wildman–Crippen MR) is 109 cm³/mol. The van der Waals surface area contributed by atoms with E-state index in [-0.39, 0.29) is 24.3 Å². The molecule has 2 N–H and O–H groups in total. The van der Waals surface area contributed by atoms with Crippen molar-refractivity contribution < 1.29 is 19.8 Å². The van der Waals surface area contributed by atoms with Crippen LogP contribution in [0, 0.1) is 0 Å². The van der Waals surface area contributed by atoms with Crippen molar-refractivity contribution in [3.63, 3.8) is 0 Å². The van der Waals surface area contributed by atoms with Gasteiger partial charge in [0, 0.05) is 31.1 Å². The quantitative estimate of drug-likeness (QED) is 0.447. The Labute approximate surface area is 165 Å². The maximum Gasteiger partial charge on any atom is 0.303 e. The molecule has 0 spiro atoms. The Balaban J connectivity index is 1.80. The molecule has 6 heteroatoms. The van der Waals surface area contributed by atoms with Crippen molar-refractivity contribution >= 4 is 23.6 Å². The number of aliphatic carboxylic acids is 1. The average Bonchev–Trinajstić information content (AvgIpc) is 3.02. The Kier molecular flexibility index (Phi) is 8.88. The average molecular weight is 392 g/mol. The molecule has 2 rings (SSSR count). The van der Waals surface area contributed by atoms with E-state index >= 15 is 0 Å². The molecule has 1 aromatic carbocycles. The van der Waals surface area contributed by atoms with Gasteiger partial charge in [0.1, 0.15) is 0 Å². The van der Waals surface area contributed by atoms with Gasteiger partial charge in [-0.15, -0.1) is 0 Å². The summed E-state index contributed by atoms with van der Waals surface area (Å²) < 4.78 is 0. The van der Waals surface area contributed by atoms with E-state index in [1.165, 1.54) is 0 Å². The zero-order valence-corrected chi connectivity index (χ0v) is 16.6. The molecule has 1 unspecified atom stereocenters. The number of rotatable bonds is 11. The number of aliphatic hydroxyl groups excluding tert-OH is 1. The van der Waals surface area contributed by atoms with Crippen molar-refractivity contribution in [3.8, 4) is 0 Å². The van der Waals surface area contributed by atoms with Gasteiger partial charge >= 0.3 is 5.97 Å². The van der Waals surface area contributed by atoms with Gasteiger partial charge in [0.15, 0.2) is 0 Å². The number of carbonyl (C=O) groups excluding carboxylic acids is 1. The molecule has 1 heterocycles. The van der Waals surface area contributed by atoms with E-state index in [0.29, 0.717) is 19.4 Å². The number of benzene rings is 1. The molecule has 0 aliphatic carbocycles. The van der Waals surface area contributed by atoms with Crippen LogP contribution in [-0.2, 0) is 9.59 Å². The van der Waals surface area contributed by atoms with Crippen LogP contribution in [0.3, 0.4) is 0 Å². The molecule has 5 nitrogen and oxygen atoms in total. The lowest BCUT2D eigenvalue weighted by Crippen LogP contribution is -2.34. The SMILES string of the molecule is C[C@H](c1ccccc1)C(O)/C=C/[C@H]1CCC(=O)N1CCSCCCC(=O)O. The number of amides is 1. The lowest BCUT2D eigenvalue weighted by Gasteiger charge is -2.23. The third-order valence-electron chi connectivity index (χ3n) is 4.90. The molecular formula is C21H29NO4S. The molecule has 1 aliphatic rings. The molecule has 1 saturated heterocycles. The molecule has 1 aliphatic heterocycles. The Hall–Kier alpha value is -1.79. The molecular weight excluding hydrogens is 362 g/mol. The van der Waals surface area contributed by atoms with Crippen LogP contribution in [0.15, 0.2) is 42.5 Å². The summed E-state index contributed by atoms with van der Waals surface area (Å²) >= 11 is 1.68. The second-order valence-electron chi connectivity index (χ2n) is 6.88. The Morgan fingerprint density at radius 1 is 1.33 bits per heavy atom. The summed E-state index contributed by atoms with van der Waals surface area (Å²) in [4.78, 5) is 24.5.